The molecule has 1 saturated carbocycles. The van der Waals surface area contributed by atoms with E-state index in [9.17, 15) is 0 Å². The van der Waals surface area contributed by atoms with Crippen molar-refractivity contribution in [2.45, 2.75) is 52.6 Å². The van der Waals surface area contributed by atoms with E-state index in [-0.39, 0.29) is 5.54 Å². The van der Waals surface area contributed by atoms with Gasteiger partial charge in [0.25, 0.3) is 0 Å². The molecule has 0 spiro atoms. The van der Waals surface area contributed by atoms with E-state index >= 15 is 0 Å². The Kier molecular flexibility index (Phi) is 4.19. The first-order chi connectivity index (χ1) is 6.79. The molecule has 0 heterocycles. The quantitative estimate of drug-likeness (QED) is 0.752. The van der Waals surface area contributed by atoms with Crippen LogP contribution >= 0.6 is 0 Å². The number of hydrogen-bond donors (Lipinski definition) is 1. The van der Waals surface area contributed by atoms with Crippen molar-refractivity contribution in [3.63, 3.8) is 0 Å². The average Bonchev–Trinajstić information content (AvgIpc) is 2.76. The van der Waals surface area contributed by atoms with Gasteiger partial charge in [0.05, 0.1) is 0 Å². The van der Waals surface area contributed by atoms with Crippen molar-refractivity contribution in [3.8, 4) is 0 Å². The van der Waals surface area contributed by atoms with Gasteiger partial charge in [0.1, 0.15) is 0 Å². The van der Waals surface area contributed by atoms with Crippen molar-refractivity contribution in [1.82, 2.24) is 10.2 Å². The van der Waals surface area contributed by atoms with Gasteiger partial charge in [-0.15, -0.1) is 0 Å². The normalized spacial score (nSPS) is 28.2. The van der Waals surface area contributed by atoms with E-state index < -0.39 is 0 Å². The van der Waals surface area contributed by atoms with Crippen molar-refractivity contribution in [1.29, 1.82) is 0 Å². The van der Waals surface area contributed by atoms with Gasteiger partial charge in [0, 0.05) is 24.7 Å². The molecule has 0 aromatic carbocycles. The summed E-state index contributed by atoms with van der Waals surface area (Å²) < 4.78 is 0. The highest BCUT2D eigenvalue weighted by atomic mass is 15.2. The lowest BCUT2D eigenvalue weighted by molar-refractivity contribution is 0.225. The summed E-state index contributed by atoms with van der Waals surface area (Å²) in [5.41, 5.74) is 0.238. The third-order valence-electron chi connectivity index (χ3n) is 3.48. The topological polar surface area (TPSA) is 15.3 Å². The fourth-order valence-corrected chi connectivity index (χ4v) is 1.81. The number of nitrogens with one attached hydrogen (secondary N) is 1. The predicted octanol–water partition coefficient (Wildman–Crippen LogP) is 2.35. The zero-order valence-electron chi connectivity index (χ0n) is 11.3. The zero-order chi connectivity index (χ0) is 11.6. The highest BCUT2D eigenvalue weighted by Gasteiger charge is 2.33. The molecule has 2 nitrogen and oxygen atoms in total. The summed E-state index contributed by atoms with van der Waals surface area (Å²) in [4.78, 5) is 2.49. The molecular weight excluding hydrogens is 184 g/mol. The summed E-state index contributed by atoms with van der Waals surface area (Å²) in [7, 11) is 2.25. The number of likely N-dealkylation sites (N-methyl/N-ethyl adjacent to an activating group) is 1. The van der Waals surface area contributed by atoms with E-state index in [0.717, 1.165) is 18.4 Å². The molecule has 0 aromatic heterocycles. The van der Waals surface area contributed by atoms with Gasteiger partial charge in [-0.1, -0.05) is 6.92 Å². The van der Waals surface area contributed by atoms with Crippen LogP contribution in [-0.2, 0) is 0 Å². The first kappa shape index (κ1) is 13.0. The second kappa shape index (κ2) is 4.84. The van der Waals surface area contributed by atoms with Gasteiger partial charge in [0.2, 0.25) is 0 Å². The van der Waals surface area contributed by atoms with Crippen molar-refractivity contribution >= 4 is 0 Å². The Morgan fingerprint density at radius 2 is 1.93 bits per heavy atom. The van der Waals surface area contributed by atoms with E-state index in [0.29, 0.717) is 6.04 Å². The fraction of sp³-hybridized carbons (Fsp3) is 1.00. The first-order valence-corrected chi connectivity index (χ1v) is 6.25. The average molecular weight is 212 g/mol. The summed E-state index contributed by atoms with van der Waals surface area (Å²) in [5.74, 6) is 1.93. The Morgan fingerprint density at radius 1 is 1.40 bits per heavy atom. The summed E-state index contributed by atoms with van der Waals surface area (Å²) in [5, 5.41) is 3.57. The van der Waals surface area contributed by atoms with E-state index in [4.69, 9.17) is 0 Å². The Hall–Kier alpha value is -0.0800. The maximum absolute atomic E-state index is 3.57. The fourth-order valence-electron chi connectivity index (χ4n) is 1.81. The van der Waals surface area contributed by atoms with E-state index in [1.54, 1.807) is 0 Å². The minimum absolute atomic E-state index is 0.238. The Labute approximate surface area is 95.4 Å². The molecule has 0 amide bonds. The summed E-state index contributed by atoms with van der Waals surface area (Å²) >= 11 is 0. The monoisotopic (exact) mass is 212 g/mol. The highest BCUT2D eigenvalue weighted by molar-refractivity contribution is 4.86. The molecule has 0 bridgehead atoms. The van der Waals surface area contributed by atoms with Gasteiger partial charge in [-0.05, 0) is 53.0 Å². The van der Waals surface area contributed by atoms with Gasteiger partial charge in [0.15, 0.2) is 0 Å². The summed E-state index contributed by atoms with van der Waals surface area (Å²) in [6, 6.07) is 0.636. The number of hydrogen-bond acceptors (Lipinski definition) is 2. The van der Waals surface area contributed by atoms with Crippen molar-refractivity contribution in [2.24, 2.45) is 11.8 Å². The first-order valence-electron chi connectivity index (χ1n) is 6.25. The Balaban J connectivity index is 2.18. The molecule has 0 saturated heterocycles. The van der Waals surface area contributed by atoms with Crippen LogP contribution in [0.15, 0.2) is 0 Å². The highest BCUT2D eigenvalue weighted by Crippen LogP contribution is 2.38. The molecule has 1 N–H and O–H groups in total. The van der Waals surface area contributed by atoms with Crippen LogP contribution in [0.3, 0.4) is 0 Å². The van der Waals surface area contributed by atoms with Crippen molar-refractivity contribution in [2.75, 3.05) is 20.1 Å². The molecule has 0 aromatic rings. The lowest BCUT2D eigenvalue weighted by atomic mass is 10.1. The van der Waals surface area contributed by atoms with Crippen LogP contribution in [0.1, 0.15) is 41.0 Å². The standard InChI is InChI=1S/C13H28N2/c1-10-7-12(10)9-15(6)11(2)8-14-13(3,4)5/h10-12,14H,7-9H2,1-6H3. The van der Waals surface area contributed by atoms with Crippen LogP contribution in [0.5, 0.6) is 0 Å². The van der Waals surface area contributed by atoms with Gasteiger partial charge >= 0.3 is 0 Å². The SMILES string of the molecule is CC1CC1CN(C)C(C)CNC(C)(C)C. The van der Waals surface area contributed by atoms with Gasteiger partial charge in [-0.2, -0.15) is 0 Å². The minimum Gasteiger partial charge on any atom is -0.311 e. The van der Waals surface area contributed by atoms with Crippen LogP contribution < -0.4 is 5.32 Å². The molecule has 2 heteroatoms. The van der Waals surface area contributed by atoms with Crippen LogP contribution in [0, 0.1) is 11.8 Å². The predicted molar refractivity (Wildman–Crippen MR) is 67.1 cm³/mol. The minimum atomic E-state index is 0.238. The van der Waals surface area contributed by atoms with Crippen LogP contribution in [-0.4, -0.2) is 36.6 Å². The van der Waals surface area contributed by atoms with Crippen LogP contribution in [0.4, 0.5) is 0 Å². The van der Waals surface area contributed by atoms with Gasteiger partial charge < -0.3 is 10.2 Å². The molecule has 1 rings (SSSR count). The molecule has 1 aliphatic rings. The molecule has 1 fully saturated rings. The molecule has 0 aliphatic heterocycles. The summed E-state index contributed by atoms with van der Waals surface area (Å²) in [6.45, 7) is 13.7. The molecule has 0 radical (unpaired) electrons. The van der Waals surface area contributed by atoms with Crippen LogP contribution in [0.25, 0.3) is 0 Å². The molecule has 3 atom stereocenters. The molecule has 3 unspecified atom stereocenters. The second-order valence-corrected chi connectivity index (χ2v) is 6.39. The molecule has 15 heavy (non-hydrogen) atoms. The van der Waals surface area contributed by atoms with E-state index in [1.165, 1.54) is 13.0 Å². The maximum Gasteiger partial charge on any atom is 0.0189 e. The number of nitrogens with zero attached hydrogens (tertiary/aromatic N) is 1. The second-order valence-electron chi connectivity index (χ2n) is 6.39. The smallest absolute Gasteiger partial charge is 0.0189 e. The Morgan fingerprint density at radius 3 is 2.33 bits per heavy atom. The van der Waals surface area contributed by atoms with E-state index in [1.807, 2.05) is 0 Å². The van der Waals surface area contributed by atoms with Crippen molar-refractivity contribution in [3.05, 3.63) is 0 Å². The maximum atomic E-state index is 3.57. The van der Waals surface area contributed by atoms with Crippen LogP contribution in [0.2, 0.25) is 0 Å². The Bertz CT molecular complexity index is 195. The van der Waals surface area contributed by atoms with Crippen molar-refractivity contribution < 1.29 is 0 Å². The third kappa shape index (κ3) is 4.98. The molecule has 90 valence electrons. The number of rotatable bonds is 5. The van der Waals surface area contributed by atoms with E-state index in [2.05, 4.69) is 51.9 Å². The molecular formula is C13H28N2. The van der Waals surface area contributed by atoms with Gasteiger partial charge in [-0.3, -0.25) is 0 Å². The molecule has 1 aliphatic carbocycles. The van der Waals surface area contributed by atoms with Gasteiger partial charge in [-0.25, -0.2) is 0 Å². The third-order valence-corrected chi connectivity index (χ3v) is 3.48. The largest absolute Gasteiger partial charge is 0.311 e. The zero-order valence-corrected chi connectivity index (χ0v) is 11.3. The lowest BCUT2D eigenvalue weighted by Crippen LogP contribution is -2.45. The lowest BCUT2D eigenvalue weighted by Gasteiger charge is -2.29. The summed E-state index contributed by atoms with van der Waals surface area (Å²) in [6.07, 6.45) is 1.43.